The lowest BCUT2D eigenvalue weighted by atomic mass is 10.4. The minimum atomic E-state index is -0.647. The van der Waals surface area contributed by atoms with Crippen LogP contribution >= 0.6 is 27.5 Å². The summed E-state index contributed by atoms with van der Waals surface area (Å²) in [5.74, 6) is -0.449. The van der Waals surface area contributed by atoms with Crippen molar-refractivity contribution < 1.29 is 4.92 Å². The maximum absolute atomic E-state index is 10.5. The van der Waals surface area contributed by atoms with Crippen LogP contribution in [0.2, 0.25) is 0 Å². The zero-order chi connectivity index (χ0) is 13.1. The Morgan fingerprint density at radius 3 is 3.00 bits per heavy atom. The highest BCUT2D eigenvalue weighted by Crippen LogP contribution is 2.20. The van der Waals surface area contributed by atoms with Gasteiger partial charge in [-0.3, -0.25) is 0 Å². The summed E-state index contributed by atoms with van der Waals surface area (Å²) in [6, 6.07) is 0. The normalized spacial score (nSPS) is 10.6. The van der Waals surface area contributed by atoms with Crippen molar-refractivity contribution in [3.63, 3.8) is 0 Å². The maximum Gasteiger partial charge on any atom is 0.492 e. The van der Waals surface area contributed by atoms with Crippen LogP contribution < -0.4 is 5.32 Å². The van der Waals surface area contributed by atoms with E-state index in [1.807, 2.05) is 6.92 Å². The third-order valence-electron chi connectivity index (χ3n) is 1.97. The van der Waals surface area contributed by atoms with Gasteiger partial charge in [0.2, 0.25) is 0 Å². The standard InChI is InChI=1S/C7H8BrN7O2S/c1-2-9-5-4(11-13-18-5)3-14-6(8)10-7(12-14)15(16)17/h9H,2-3H2,1H3. The number of nitrogens with one attached hydrogen (secondary N) is 1. The fourth-order valence-electron chi connectivity index (χ4n) is 1.24. The van der Waals surface area contributed by atoms with Gasteiger partial charge in [-0.15, -0.1) is 5.10 Å². The van der Waals surface area contributed by atoms with Crippen LogP contribution in [0.1, 0.15) is 12.6 Å². The highest BCUT2D eigenvalue weighted by Gasteiger charge is 2.21. The van der Waals surface area contributed by atoms with Crippen molar-refractivity contribution in [3.8, 4) is 0 Å². The fraction of sp³-hybridized carbons (Fsp3) is 0.429. The molecule has 0 aliphatic carbocycles. The third-order valence-corrected chi connectivity index (χ3v) is 3.28. The largest absolute Gasteiger partial charge is 0.492 e. The summed E-state index contributed by atoms with van der Waals surface area (Å²) in [5.41, 5.74) is 0.669. The van der Waals surface area contributed by atoms with Gasteiger partial charge < -0.3 is 15.4 Å². The van der Waals surface area contributed by atoms with E-state index in [1.54, 1.807) is 0 Å². The number of halogens is 1. The summed E-state index contributed by atoms with van der Waals surface area (Å²) in [4.78, 5) is 13.6. The Kier molecular flexibility index (Phi) is 3.81. The van der Waals surface area contributed by atoms with Gasteiger partial charge in [0.1, 0.15) is 17.2 Å². The molecular weight excluding hydrogens is 326 g/mol. The molecule has 0 aromatic carbocycles. The molecule has 2 aromatic rings. The molecule has 18 heavy (non-hydrogen) atoms. The first-order valence-electron chi connectivity index (χ1n) is 4.91. The molecule has 0 aliphatic rings. The summed E-state index contributed by atoms with van der Waals surface area (Å²) in [6.07, 6.45) is 0. The fourth-order valence-corrected chi connectivity index (χ4v) is 2.24. The Balaban J connectivity index is 2.23. The van der Waals surface area contributed by atoms with Crippen molar-refractivity contribution in [2.75, 3.05) is 11.9 Å². The number of hydrogen-bond donors (Lipinski definition) is 1. The van der Waals surface area contributed by atoms with Gasteiger partial charge in [0, 0.05) is 39.1 Å². The molecule has 0 spiro atoms. The Hall–Kier alpha value is -1.62. The summed E-state index contributed by atoms with van der Waals surface area (Å²) in [7, 11) is 0. The first-order valence-corrected chi connectivity index (χ1v) is 6.48. The predicted molar refractivity (Wildman–Crippen MR) is 67.6 cm³/mol. The first-order chi connectivity index (χ1) is 8.61. The van der Waals surface area contributed by atoms with Gasteiger partial charge in [-0.1, -0.05) is 4.49 Å². The summed E-state index contributed by atoms with van der Waals surface area (Å²) in [5, 5.41) is 22.2. The highest BCUT2D eigenvalue weighted by molar-refractivity contribution is 9.10. The van der Waals surface area contributed by atoms with Crippen molar-refractivity contribution in [1.82, 2.24) is 24.4 Å². The molecule has 0 aliphatic heterocycles. The molecular formula is C7H8BrN7O2S. The monoisotopic (exact) mass is 333 g/mol. The van der Waals surface area contributed by atoms with E-state index < -0.39 is 10.9 Å². The zero-order valence-corrected chi connectivity index (χ0v) is 11.6. The van der Waals surface area contributed by atoms with Gasteiger partial charge in [0.15, 0.2) is 0 Å². The van der Waals surface area contributed by atoms with Crippen LogP contribution in [0.15, 0.2) is 4.73 Å². The number of hydrogen-bond acceptors (Lipinski definition) is 8. The van der Waals surface area contributed by atoms with Gasteiger partial charge in [-0.25, -0.2) is 0 Å². The van der Waals surface area contributed by atoms with E-state index in [-0.39, 0.29) is 11.3 Å². The number of anilines is 1. The van der Waals surface area contributed by atoms with Gasteiger partial charge in [-0.05, 0) is 16.8 Å². The van der Waals surface area contributed by atoms with Crippen LogP contribution in [0.3, 0.4) is 0 Å². The zero-order valence-electron chi connectivity index (χ0n) is 9.20. The van der Waals surface area contributed by atoms with Crippen molar-refractivity contribution in [2.45, 2.75) is 13.5 Å². The van der Waals surface area contributed by atoms with Crippen LogP contribution in [0, 0.1) is 10.1 Å². The van der Waals surface area contributed by atoms with Crippen LogP contribution in [0.25, 0.3) is 0 Å². The van der Waals surface area contributed by atoms with E-state index >= 15 is 0 Å². The number of nitrogens with zero attached hydrogens (tertiary/aromatic N) is 6. The smallest absolute Gasteiger partial charge is 0.390 e. The van der Waals surface area contributed by atoms with E-state index in [0.29, 0.717) is 5.69 Å². The van der Waals surface area contributed by atoms with E-state index in [0.717, 1.165) is 11.5 Å². The Morgan fingerprint density at radius 2 is 2.39 bits per heavy atom. The second-order valence-corrected chi connectivity index (χ2v) is 4.64. The number of rotatable bonds is 5. The first kappa shape index (κ1) is 12.8. The minimum absolute atomic E-state index is 0.264. The topological polar surface area (TPSA) is 112 Å². The predicted octanol–water partition coefficient (Wildman–Crippen LogP) is 1.28. The third kappa shape index (κ3) is 2.61. The van der Waals surface area contributed by atoms with Crippen LogP contribution in [0.5, 0.6) is 0 Å². The molecule has 11 heteroatoms. The van der Waals surface area contributed by atoms with Crippen LogP contribution in [0.4, 0.5) is 10.9 Å². The molecule has 0 saturated heterocycles. The lowest BCUT2D eigenvalue weighted by Gasteiger charge is -2.00. The summed E-state index contributed by atoms with van der Waals surface area (Å²) in [6.45, 7) is 2.97. The Bertz CT molecular complexity index is 568. The lowest BCUT2D eigenvalue weighted by molar-refractivity contribution is -0.394. The van der Waals surface area contributed by atoms with E-state index in [9.17, 15) is 10.1 Å². The average Bonchev–Trinajstić information content (AvgIpc) is 2.89. The van der Waals surface area contributed by atoms with Crippen molar-refractivity contribution in [1.29, 1.82) is 0 Å². The molecule has 2 heterocycles. The molecule has 2 rings (SSSR count). The molecule has 96 valence electrons. The molecule has 0 bridgehead atoms. The van der Waals surface area contributed by atoms with Crippen LogP contribution in [-0.2, 0) is 6.54 Å². The van der Waals surface area contributed by atoms with Crippen molar-refractivity contribution in [3.05, 3.63) is 20.5 Å². The van der Waals surface area contributed by atoms with Crippen molar-refractivity contribution >= 4 is 38.4 Å². The average molecular weight is 334 g/mol. The maximum atomic E-state index is 10.5. The van der Waals surface area contributed by atoms with E-state index in [4.69, 9.17) is 0 Å². The van der Waals surface area contributed by atoms with Gasteiger partial charge in [-0.2, -0.15) is 4.68 Å². The molecule has 0 radical (unpaired) electrons. The lowest BCUT2D eigenvalue weighted by Crippen LogP contribution is -2.06. The molecule has 9 nitrogen and oxygen atoms in total. The minimum Gasteiger partial charge on any atom is -0.390 e. The van der Waals surface area contributed by atoms with Crippen molar-refractivity contribution in [2.24, 2.45) is 0 Å². The molecule has 0 atom stereocenters. The SMILES string of the molecule is CCNc1snnc1Cn1nc([N+](=O)[O-])nc1Br. The second-order valence-electron chi connectivity index (χ2n) is 3.17. The summed E-state index contributed by atoms with van der Waals surface area (Å²) < 4.78 is 5.47. The molecule has 0 unspecified atom stereocenters. The van der Waals surface area contributed by atoms with Crippen LogP contribution in [-0.4, -0.2) is 35.8 Å². The second kappa shape index (κ2) is 5.35. The van der Waals surface area contributed by atoms with E-state index in [2.05, 4.69) is 40.9 Å². The van der Waals surface area contributed by atoms with Gasteiger partial charge >= 0.3 is 5.95 Å². The Labute approximate surface area is 114 Å². The molecule has 0 saturated carbocycles. The molecule has 0 amide bonds. The summed E-state index contributed by atoms with van der Waals surface area (Å²) >= 11 is 4.34. The molecule has 0 fully saturated rings. The quantitative estimate of drug-likeness (QED) is 0.647. The molecule has 2 aromatic heterocycles. The van der Waals surface area contributed by atoms with Gasteiger partial charge in [0.05, 0.1) is 0 Å². The number of nitro groups is 1. The highest BCUT2D eigenvalue weighted by atomic mass is 79.9. The Morgan fingerprint density at radius 1 is 1.61 bits per heavy atom. The van der Waals surface area contributed by atoms with E-state index in [1.165, 1.54) is 16.2 Å². The van der Waals surface area contributed by atoms with Gasteiger partial charge in [0.25, 0.3) is 4.73 Å². The number of aromatic nitrogens is 5. The molecule has 1 N–H and O–H groups in total.